The number of ketones is 1. The van der Waals surface area contributed by atoms with E-state index in [2.05, 4.69) is 0 Å². The van der Waals surface area contributed by atoms with Gasteiger partial charge in [-0.1, -0.05) is 0 Å². The Labute approximate surface area is 203 Å². The van der Waals surface area contributed by atoms with E-state index in [9.17, 15) is 9.59 Å². The van der Waals surface area contributed by atoms with Gasteiger partial charge in [0.25, 0.3) is 0 Å². The lowest BCUT2D eigenvalue weighted by atomic mass is 10.1. The van der Waals surface area contributed by atoms with Gasteiger partial charge in [-0.25, -0.2) is 0 Å². The van der Waals surface area contributed by atoms with Crippen molar-refractivity contribution in [1.29, 1.82) is 0 Å². The van der Waals surface area contributed by atoms with Crippen LogP contribution in [0.15, 0.2) is 36.4 Å². The largest absolute Gasteiger partial charge is 0.493 e. The van der Waals surface area contributed by atoms with E-state index in [0.29, 0.717) is 39.9 Å². The monoisotopic (exact) mass is 481 g/mol. The van der Waals surface area contributed by atoms with Gasteiger partial charge in [-0.2, -0.15) is 0 Å². The van der Waals surface area contributed by atoms with E-state index in [1.165, 1.54) is 21.3 Å². The summed E-state index contributed by atoms with van der Waals surface area (Å²) in [5.41, 5.74) is 3.56. The number of fused-ring (bicyclic) bond motifs is 1. The third-order valence-electron chi connectivity index (χ3n) is 5.78. The molecule has 0 fully saturated rings. The first-order valence-electron chi connectivity index (χ1n) is 10.9. The lowest BCUT2D eigenvalue weighted by Crippen LogP contribution is -2.16. The minimum Gasteiger partial charge on any atom is -0.493 e. The zero-order valence-electron chi connectivity index (χ0n) is 20.3. The molecular formula is C26H27NO8. The Morgan fingerprint density at radius 3 is 2.26 bits per heavy atom. The van der Waals surface area contributed by atoms with Gasteiger partial charge in [0.05, 0.1) is 27.8 Å². The van der Waals surface area contributed by atoms with E-state index in [1.54, 1.807) is 18.2 Å². The van der Waals surface area contributed by atoms with E-state index < -0.39 is 5.97 Å². The average Bonchev–Trinajstić information content (AvgIpc) is 3.44. The van der Waals surface area contributed by atoms with Gasteiger partial charge < -0.3 is 33.0 Å². The van der Waals surface area contributed by atoms with Crippen molar-refractivity contribution in [3.8, 4) is 34.4 Å². The molecule has 0 unspecified atom stereocenters. The first-order chi connectivity index (χ1) is 16.9. The fraction of sp³-hybridized carbons (Fsp3) is 0.308. The highest BCUT2D eigenvalue weighted by Crippen LogP contribution is 2.38. The molecule has 9 nitrogen and oxygen atoms in total. The molecule has 0 spiro atoms. The van der Waals surface area contributed by atoms with Crippen molar-refractivity contribution in [1.82, 2.24) is 4.57 Å². The van der Waals surface area contributed by atoms with Crippen molar-refractivity contribution < 1.29 is 38.0 Å². The van der Waals surface area contributed by atoms with Crippen LogP contribution in [0.2, 0.25) is 0 Å². The van der Waals surface area contributed by atoms with Gasteiger partial charge in [0, 0.05) is 28.7 Å². The molecule has 1 aliphatic rings. The number of esters is 1. The highest BCUT2D eigenvalue weighted by Gasteiger charge is 2.21. The third-order valence-corrected chi connectivity index (χ3v) is 5.78. The number of Topliss-reactive ketones (excluding diaryl/α,β-unsaturated/α-hetero) is 1. The quantitative estimate of drug-likeness (QED) is 0.336. The Morgan fingerprint density at radius 1 is 0.914 bits per heavy atom. The number of nitrogens with zero attached hydrogens (tertiary/aromatic N) is 1. The molecule has 0 aliphatic carbocycles. The number of aromatic nitrogens is 1. The molecule has 1 aliphatic heterocycles. The maximum atomic E-state index is 12.9. The second kappa shape index (κ2) is 10.0. The summed E-state index contributed by atoms with van der Waals surface area (Å²) in [4.78, 5) is 25.4. The number of ether oxygens (including phenoxy) is 6. The summed E-state index contributed by atoms with van der Waals surface area (Å²) in [6.07, 6.45) is -0.0553. The predicted molar refractivity (Wildman–Crippen MR) is 126 cm³/mol. The molecule has 0 bridgehead atoms. The molecule has 0 radical (unpaired) electrons. The van der Waals surface area contributed by atoms with Crippen molar-refractivity contribution in [2.24, 2.45) is 0 Å². The van der Waals surface area contributed by atoms with Crippen LogP contribution in [-0.4, -0.2) is 51.0 Å². The lowest BCUT2D eigenvalue weighted by molar-refractivity contribution is -0.141. The van der Waals surface area contributed by atoms with E-state index in [1.807, 2.05) is 36.6 Å². The Balaban J connectivity index is 1.45. The number of aryl methyl sites for hydroxylation is 1. The van der Waals surface area contributed by atoms with Crippen molar-refractivity contribution in [2.75, 3.05) is 34.7 Å². The molecule has 9 heteroatoms. The Hall–Kier alpha value is -4.14. The normalized spacial score (nSPS) is 11.8. The minimum atomic E-state index is -0.544. The zero-order chi connectivity index (χ0) is 25.1. The zero-order valence-corrected chi connectivity index (χ0v) is 20.3. The standard InChI is InChI=1S/C26H27NO8/c1-15-8-19(16(2)27(15)18-6-7-21-22(12-18)35-14-34-21)20(28)13-33-25(29)11-17-9-23(30-3)26(32-5)24(10-17)31-4/h6-10,12H,11,13-14H2,1-5H3. The second-order valence-electron chi connectivity index (χ2n) is 7.95. The van der Waals surface area contributed by atoms with Crippen LogP contribution in [0, 0.1) is 13.8 Å². The topological polar surface area (TPSA) is 94.5 Å². The highest BCUT2D eigenvalue weighted by atomic mass is 16.7. The molecule has 35 heavy (non-hydrogen) atoms. The van der Waals surface area contributed by atoms with E-state index in [-0.39, 0.29) is 25.6 Å². The molecule has 0 N–H and O–H groups in total. The van der Waals surface area contributed by atoms with Crippen LogP contribution in [0.1, 0.15) is 27.3 Å². The first-order valence-corrected chi connectivity index (χ1v) is 10.9. The third kappa shape index (κ3) is 4.75. The number of rotatable bonds is 9. The summed E-state index contributed by atoms with van der Waals surface area (Å²) in [5, 5.41) is 0. The molecule has 2 heterocycles. The first kappa shape index (κ1) is 24.0. The molecule has 3 aromatic rings. The van der Waals surface area contributed by atoms with E-state index in [0.717, 1.165) is 17.1 Å². The summed E-state index contributed by atoms with van der Waals surface area (Å²) in [5.74, 6) is 1.80. The highest BCUT2D eigenvalue weighted by molar-refractivity contribution is 5.99. The lowest BCUT2D eigenvalue weighted by Gasteiger charge is -2.14. The summed E-state index contributed by atoms with van der Waals surface area (Å²) in [6, 6.07) is 10.7. The van der Waals surface area contributed by atoms with Gasteiger partial charge in [0.1, 0.15) is 0 Å². The van der Waals surface area contributed by atoms with E-state index >= 15 is 0 Å². The van der Waals surface area contributed by atoms with Crippen LogP contribution in [0.25, 0.3) is 5.69 Å². The SMILES string of the molecule is COc1cc(CC(=O)OCC(=O)c2cc(C)n(-c3ccc4c(c3)OCO4)c2C)cc(OC)c1OC. The summed E-state index contributed by atoms with van der Waals surface area (Å²) >= 11 is 0. The van der Waals surface area contributed by atoms with Gasteiger partial charge in [0.15, 0.2) is 29.6 Å². The Bertz CT molecular complexity index is 1250. The summed E-state index contributed by atoms with van der Waals surface area (Å²) in [7, 11) is 4.50. The molecule has 0 atom stereocenters. The molecule has 1 aromatic heterocycles. The Morgan fingerprint density at radius 2 is 1.60 bits per heavy atom. The number of carbonyl (C=O) groups is 2. The van der Waals surface area contributed by atoms with E-state index in [4.69, 9.17) is 28.4 Å². The van der Waals surface area contributed by atoms with Crippen LogP contribution in [-0.2, 0) is 16.0 Å². The van der Waals surface area contributed by atoms with Crippen LogP contribution < -0.4 is 23.7 Å². The molecule has 2 aromatic carbocycles. The van der Waals surface area contributed by atoms with Crippen molar-refractivity contribution in [2.45, 2.75) is 20.3 Å². The molecule has 184 valence electrons. The second-order valence-corrected chi connectivity index (χ2v) is 7.95. The molecule has 0 amide bonds. The Kier molecular flexibility index (Phi) is 6.86. The molecule has 0 saturated heterocycles. The number of carbonyl (C=O) groups excluding carboxylic acids is 2. The summed E-state index contributed by atoms with van der Waals surface area (Å²) < 4.78 is 34.0. The van der Waals surface area contributed by atoms with Crippen molar-refractivity contribution in [3.63, 3.8) is 0 Å². The van der Waals surface area contributed by atoms with Gasteiger partial charge in [-0.15, -0.1) is 0 Å². The molecule has 4 rings (SSSR count). The van der Waals surface area contributed by atoms with Crippen molar-refractivity contribution in [3.05, 3.63) is 58.9 Å². The average molecular weight is 482 g/mol. The number of hydrogen-bond donors (Lipinski definition) is 0. The minimum absolute atomic E-state index is 0.0553. The number of methoxy groups -OCH3 is 3. The van der Waals surface area contributed by atoms with Gasteiger partial charge >= 0.3 is 5.97 Å². The van der Waals surface area contributed by atoms with Crippen LogP contribution in [0.4, 0.5) is 0 Å². The molecular weight excluding hydrogens is 454 g/mol. The van der Waals surface area contributed by atoms with Crippen LogP contribution >= 0.6 is 0 Å². The predicted octanol–water partition coefficient (Wildman–Crippen LogP) is 3.82. The van der Waals surface area contributed by atoms with Crippen LogP contribution in [0.5, 0.6) is 28.7 Å². The maximum absolute atomic E-state index is 12.9. The fourth-order valence-corrected chi connectivity index (χ4v) is 4.15. The molecule has 0 saturated carbocycles. The summed E-state index contributed by atoms with van der Waals surface area (Å²) in [6.45, 7) is 3.58. The number of hydrogen-bond acceptors (Lipinski definition) is 8. The van der Waals surface area contributed by atoms with Crippen LogP contribution in [0.3, 0.4) is 0 Å². The van der Waals surface area contributed by atoms with Gasteiger partial charge in [-0.05, 0) is 49.7 Å². The van der Waals surface area contributed by atoms with Gasteiger partial charge in [-0.3, -0.25) is 9.59 Å². The van der Waals surface area contributed by atoms with Crippen molar-refractivity contribution >= 4 is 11.8 Å². The smallest absolute Gasteiger partial charge is 0.310 e. The maximum Gasteiger partial charge on any atom is 0.310 e. The fourth-order valence-electron chi connectivity index (χ4n) is 4.15. The van der Waals surface area contributed by atoms with Gasteiger partial charge in [0.2, 0.25) is 18.3 Å². The number of benzene rings is 2.